The number of methoxy groups -OCH3 is 1. The largest absolute Gasteiger partial charge is 0.547 e. The smallest absolute Gasteiger partial charge is 0.217 e. The van der Waals surface area contributed by atoms with Crippen molar-refractivity contribution in [1.29, 1.82) is 0 Å². The Bertz CT molecular complexity index is 869. The number of nitrogens with one attached hydrogen (secondary N) is 1. The fourth-order valence-electron chi connectivity index (χ4n) is 5.25. The number of aliphatic carboxylic acids is 1. The maximum Gasteiger partial charge on any atom is 0.217 e. The van der Waals surface area contributed by atoms with Gasteiger partial charge in [-0.15, -0.1) is 0 Å². The van der Waals surface area contributed by atoms with Crippen LogP contribution in [0.5, 0.6) is 0 Å². The number of aliphatic hydroxyl groups is 3. The number of aliphatic hydroxyl groups excluding tert-OH is 1. The molecule has 4 N–H and O–H groups in total. The zero-order chi connectivity index (χ0) is 27.6. The van der Waals surface area contributed by atoms with Gasteiger partial charge in [-0.3, -0.25) is 4.79 Å². The van der Waals surface area contributed by atoms with Crippen molar-refractivity contribution in [2.75, 3.05) is 12.4 Å². The van der Waals surface area contributed by atoms with Crippen LogP contribution >= 0.6 is 15.9 Å². The summed E-state index contributed by atoms with van der Waals surface area (Å²) in [4.78, 5) is 24.7. The Balaban J connectivity index is 2.83. The van der Waals surface area contributed by atoms with Crippen LogP contribution in [-0.4, -0.2) is 97.3 Å². The molecule has 1 amide bonds. The van der Waals surface area contributed by atoms with Crippen LogP contribution in [0.4, 0.5) is 0 Å². The number of alkyl halides is 1. The summed E-state index contributed by atoms with van der Waals surface area (Å²) in [7, 11) is 1.35. The molecule has 0 aromatic carbocycles. The van der Waals surface area contributed by atoms with Gasteiger partial charge >= 0.3 is 0 Å². The van der Waals surface area contributed by atoms with Gasteiger partial charge in [-0.05, 0) is 55.4 Å². The van der Waals surface area contributed by atoms with E-state index in [0.29, 0.717) is 0 Å². The number of halogens is 1. The molecule has 35 heavy (non-hydrogen) atoms. The molecule has 0 aromatic rings. The van der Waals surface area contributed by atoms with E-state index in [4.69, 9.17) is 18.9 Å². The SMILES string of the molecule is COC1(C)C(O)C(C)(CBr)OC(OC2(C)C(C)(C(=O)[O-])OC(C)C(C)(O)C2(C)O)C1(C)NC(C)=O. The van der Waals surface area contributed by atoms with Crippen LogP contribution in [-0.2, 0) is 28.5 Å². The van der Waals surface area contributed by atoms with Gasteiger partial charge < -0.3 is 49.5 Å². The van der Waals surface area contributed by atoms with Gasteiger partial charge in [-0.2, -0.15) is 0 Å². The molecular weight excluding hydrogens is 530 g/mol. The molecule has 2 heterocycles. The predicted octanol–water partition coefficient (Wildman–Crippen LogP) is -0.638. The minimum atomic E-state index is -2.29. The third kappa shape index (κ3) is 3.87. The summed E-state index contributed by atoms with van der Waals surface area (Å²) in [5, 5.41) is 49.5. The summed E-state index contributed by atoms with van der Waals surface area (Å²) in [6.45, 7) is 12.3. The maximum atomic E-state index is 12.4. The van der Waals surface area contributed by atoms with Gasteiger partial charge in [-0.25, -0.2) is 0 Å². The number of rotatable bonds is 6. The lowest BCUT2D eigenvalue weighted by Gasteiger charge is -2.66. The first kappa shape index (κ1) is 30.4. The molecular formula is C23H39BrNO10-. The fourth-order valence-corrected chi connectivity index (χ4v) is 5.69. The van der Waals surface area contributed by atoms with Crippen LogP contribution < -0.4 is 10.4 Å². The molecule has 2 rings (SSSR count). The van der Waals surface area contributed by atoms with Crippen LogP contribution in [0.2, 0.25) is 0 Å². The number of carboxylic acids is 1. The molecule has 0 bridgehead atoms. The van der Waals surface area contributed by atoms with Crippen molar-refractivity contribution < 1.29 is 49.0 Å². The van der Waals surface area contributed by atoms with Gasteiger partial charge in [0, 0.05) is 19.4 Å². The summed E-state index contributed by atoms with van der Waals surface area (Å²) in [5.74, 6) is -2.21. The Hall–Kier alpha value is -0.860. The second kappa shape index (κ2) is 8.87. The normalized spacial score (nSPS) is 52.7. The van der Waals surface area contributed by atoms with Gasteiger partial charge in [0.25, 0.3) is 0 Å². The highest BCUT2D eigenvalue weighted by molar-refractivity contribution is 9.09. The first-order chi connectivity index (χ1) is 15.6. The van der Waals surface area contributed by atoms with Crippen LogP contribution in [0.3, 0.4) is 0 Å². The third-order valence-corrected chi connectivity index (χ3v) is 9.98. The van der Waals surface area contributed by atoms with Crippen LogP contribution in [0.15, 0.2) is 0 Å². The number of ether oxygens (including phenoxy) is 4. The number of hydrogen-bond acceptors (Lipinski definition) is 10. The van der Waals surface area contributed by atoms with Crippen molar-refractivity contribution in [3.05, 3.63) is 0 Å². The molecule has 2 aliphatic rings. The molecule has 0 aromatic heterocycles. The molecule has 0 spiro atoms. The Morgan fingerprint density at radius 1 is 1.09 bits per heavy atom. The fraction of sp³-hybridized carbons (Fsp3) is 0.913. The summed E-state index contributed by atoms with van der Waals surface area (Å²) >= 11 is 3.34. The van der Waals surface area contributed by atoms with Crippen LogP contribution in [0.25, 0.3) is 0 Å². The summed E-state index contributed by atoms with van der Waals surface area (Å²) in [5.41, 5.74) is -13.3. The molecule has 2 saturated heterocycles. The lowest BCUT2D eigenvalue weighted by atomic mass is 9.61. The predicted molar refractivity (Wildman–Crippen MR) is 125 cm³/mol. The lowest BCUT2D eigenvalue weighted by molar-refractivity contribution is -0.438. The zero-order valence-corrected chi connectivity index (χ0v) is 23.6. The van der Waals surface area contributed by atoms with Crippen molar-refractivity contribution >= 4 is 27.8 Å². The second-order valence-electron chi connectivity index (χ2n) is 10.9. The Morgan fingerprint density at radius 2 is 1.60 bits per heavy atom. The van der Waals surface area contributed by atoms with Gasteiger partial charge in [0.1, 0.15) is 45.2 Å². The molecule has 12 heteroatoms. The van der Waals surface area contributed by atoms with Gasteiger partial charge in [-0.1, -0.05) is 15.9 Å². The van der Waals surface area contributed by atoms with E-state index in [-0.39, 0.29) is 5.33 Å². The molecule has 0 saturated carbocycles. The molecule has 10 atom stereocenters. The van der Waals surface area contributed by atoms with E-state index in [9.17, 15) is 30.0 Å². The molecule has 2 fully saturated rings. The number of carbonyl (C=O) groups excluding carboxylic acids is 2. The highest BCUT2D eigenvalue weighted by Gasteiger charge is 2.74. The molecule has 204 valence electrons. The minimum absolute atomic E-state index is 0.103. The highest BCUT2D eigenvalue weighted by Crippen LogP contribution is 2.54. The minimum Gasteiger partial charge on any atom is -0.547 e. The number of carboxylic acid groups (broad SMARTS) is 1. The standard InChI is InChI=1S/C23H40BrNO10/c1-12-19(5,30)22(8,31)23(9,21(7,33-12)15(28)29)35-16-18(4,25-13(2)26)20(6,32-10)14(27)17(3,11-24)34-16/h12,14,16,27,30-31H,11H2,1-10H3,(H,25,26)(H,28,29)/p-1. The quantitative estimate of drug-likeness (QED) is 0.302. The van der Waals surface area contributed by atoms with E-state index in [1.807, 2.05) is 0 Å². The van der Waals surface area contributed by atoms with E-state index in [1.54, 1.807) is 13.8 Å². The number of amides is 1. The second-order valence-corrected chi connectivity index (χ2v) is 11.5. The van der Waals surface area contributed by atoms with Gasteiger partial charge in [0.05, 0.1) is 12.1 Å². The first-order valence-corrected chi connectivity index (χ1v) is 12.5. The Kier molecular flexibility index (Phi) is 7.69. The Morgan fingerprint density at radius 3 is 2.00 bits per heavy atom. The monoisotopic (exact) mass is 568 g/mol. The van der Waals surface area contributed by atoms with E-state index >= 15 is 0 Å². The average Bonchev–Trinajstić information content (AvgIpc) is 2.74. The summed E-state index contributed by atoms with van der Waals surface area (Å²) < 4.78 is 24.0. The molecule has 10 unspecified atom stereocenters. The Labute approximate surface area is 214 Å². The van der Waals surface area contributed by atoms with E-state index < -0.39 is 69.5 Å². The van der Waals surface area contributed by atoms with Crippen molar-refractivity contribution in [2.45, 2.75) is 120 Å². The molecule has 0 aliphatic carbocycles. The molecule has 11 nitrogen and oxygen atoms in total. The van der Waals surface area contributed by atoms with Crippen molar-refractivity contribution in [2.24, 2.45) is 0 Å². The third-order valence-electron chi connectivity index (χ3n) is 8.87. The zero-order valence-electron chi connectivity index (χ0n) is 22.0. The van der Waals surface area contributed by atoms with Crippen molar-refractivity contribution in [3.63, 3.8) is 0 Å². The summed E-state index contributed by atoms with van der Waals surface area (Å²) in [6, 6.07) is 0. The molecule has 0 radical (unpaired) electrons. The van der Waals surface area contributed by atoms with E-state index in [2.05, 4.69) is 21.2 Å². The van der Waals surface area contributed by atoms with Gasteiger partial charge in [0.2, 0.25) is 5.91 Å². The topological polar surface area (TPSA) is 167 Å². The van der Waals surface area contributed by atoms with Crippen molar-refractivity contribution in [3.8, 4) is 0 Å². The van der Waals surface area contributed by atoms with Crippen molar-refractivity contribution in [1.82, 2.24) is 5.32 Å². The molecule has 2 aliphatic heterocycles. The highest BCUT2D eigenvalue weighted by atomic mass is 79.9. The van der Waals surface area contributed by atoms with E-state index in [0.717, 1.165) is 0 Å². The van der Waals surface area contributed by atoms with Crippen LogP contribution in [0.1, 0.15) is 62.3 Å². The van der Waals surface area contributed by atoms with Gasteiger partial charge in [0.15, 0.2) is 6.29 Å². The number of carbonyl (C=O) groups is 2. The number of hydrogen-bond donors (Lipinski definition) is 4. The maximum absolute atomic E-state index is 12.4. The average molecular weight is 569 g/mol. The van der Waals surface area contributed by atoms with Crippen LogP contribution in [0, 0.1) is 0 Å². The first-order valence-electron chi connectivity index (χ1n) is 11.4. The lowest BCUT2D eigenvalue weighted by Crippen LogP contribution is -2.86. The van der Waals surface area contributed by atoms with E-state index in [1.165, 1.54) is 55.6 Å². The summed E-state index contributed by atoms with van der Waals surface area (Å²) in [6.07, 6.45) is -3.96.